The van der Waals surface area contributed by atoms with Crippen molar-refractivity contribution in [1.29, 1.82) is 0 Å². The van der Waals surface area contributed by atoms with E-state index in [0.717, 1.165) is 25.8 Å². The van der Waals surface area contributed by atoms with Crippen LogP contribution in [-0.2, 0) is 9.59 Å². The SMILES string of the molecule is CC(CCC(=O)O)NC(=O)C1CCCCCCN1. The Kier molecular flexibility index (Phi) is 6.72. The summed E-state index contributed by atoms with van der Waals surface area (Å²) in [7, 11) is 0. The topological polar surface area (TPSA) is 78.4 Å². The van der Waals surface area contributed by atoms with Gasteiger partial charge in [0, 0.05) is 12.5 Å². The fraction of sp³-hybridized carbons (Fsp3) is 0.846. The predicted molar refractivity (Wildman–Crippen MR) is 69.4 cm³/mol. The molecule has 0 spiro atoms. The van der Waals surface area contributed by atoms with E-state index in [-0.39, 0.29) is 24.4 Å². The Morgan fingerprint density at radius 2 is 2.06 bits per heavy atom. The Labute approximate surface area is 108 Å². The molecular weight excluding hydrogens is 232 g/mol. The molecule has 5 heteroatoms. The molecule has 1 saturated heterocycles. The van der Waals surface area contributed by atoms with E-state index >= 15 is 0 Å². The first-order valence-corrected chi connectivity index (χ1v) is 6.85. The van der Waals surface area contributed by atoms with Gasteiger partial charge in [0.15, 0.2) is 0 Å². The summed E-state index contributed by atoms with van der Waals surface area (Å²) in [6.07, 6.45) is 6.08. The zero-order valence-corrected chi connectivity index (χ0v) is 11.1. The molecule has 0 aromatic heterocycles. The van der Waals surface area contributed by atoms with Crippen molar-refractivity contribution in [2.45, 2.75) is 64.0 Å². The van der Waals surface area contributed by atoms with Gasteiger partial charge >= 0.3 is 5.97 Å². The molecule has 5 nitrogen and oxygen atoms in total. The third-order valence-corrected chi connectivity index (χ3v) is 3.31. The van der Waals surface area contributed by atoms with E-state index in [1.165, 1.54) is 12.8 Å². The van der Waals surface area contributed by atoms with Crippen LogP contribution in [0.1, 0.15) is 51.9 Å². The molecule has 0 aromatic carbocycles. The smallest absolute Gasteiger partial charge is 0.303 e. The first kappa shape index (κ1) is 15.0. The average molecular weight is 256 g/mol. The van der Waals surface area contributed by atoms with Crippen molar-refractivity contribution >= 4 is 11.9 Å². The van der Waals surface area contributed by atoms with Gasteiger partial charge < -0.3 is 15.7 Å². The number of amides is 1. The minimum atomic E-state index is -0.819. The quantitative estimate of drug-likeness (QED) is 0.692. The van der Waals surface area contributed by atoms with Gasteiger partial charge in [-0.1, -0.05) is 19.3 Å². The van der Waals surface area contributed by atoms with Gasteiger partial charge in [-0.15, -0.1) is 0 Å². The monoisotopic (exact) mass is 256 g/mol. The number of hydrogen-bond donors (Lipinski definition) is 3. The molecule has 1 aliphatic rings. The Morgan fingerprint density at radius 1 is 1.33 bits per heavy atom. The van der Waals surface area contributed by atoms with Crippen LogP contribution in [0.15, 0.2) is 0 Å². The highest BCUT2D eigenvalue weighted by molar-refractivity contribution is 5.82. The maximum atomic E-state index is 12.0. The molecular formula is C13H24N2O3. The van der Waals surface area contributed by atoms with Gasteiger partial charge in [-0.3, -0.25) is 9.59 Å². The summed E-state index contributed by atoms with van der Waals surface area (Å²) in [6, 6.07) is -0.196. The van der Waals surface area contributed by atoms with Gasteiger partial charge in [0.2, 0.25) is 5.91 Å². The molecule has 0 saturated carbocycles. The Morgan fingerprint density at radius 3 is 2.78 bits per heavy atom. The average Bonchev–Trinajstić information content (AvgIpc) is 2.25. The summed E-state index contributed by atoms with van der Waals surface area (Å²) in [6.45, 7) is 2.74. The van der Waals surface area contributed by atoms with Crippen molar-refractivity contribution in [3.05, 3.63) is 0 Å². The second kappa shape index (κ2) is 8.08. The number of nitrogens with one attached hydrogen (secondary N) is 2. The van der Waals surface area contributed by atoms with Gasteiger partial charge in [-0.2, -0.15) is 0 Å². The van der Waals surface area contributed by atoms with E-state index in [4.69, 9.17) is 5.11 Å². The molecule has 104 valence electrons. The van der Waals surface area contributed by atoms with E-state index in [2.05, 4.69) is 10.6 Å². The van der Waals surface area contributed by atoms with Crippen LogP contribution in [0.4, 0.5) is 0 Å². The van der Waals surface area contributed by atoms with Crippen LogP contribution >= 0.6 is 0 Å². The lowest BCUT2D eigenvalue weighted by Gasteiger charge is -2.22. The molecule has 1 amide bonds. The first-order chi connectivity index (χ1) is 8.59. The van der Waals surface area contributed by atoms with Gasteiger partial charge in [-0.05, 0) is 32.7 Å². The van der Waals surface area contributed by atoms with Gasteiger partial charge in [-0.25, -0.2) is 0 Å². The van der Waals surface area contributed by atoms with Crippen molar-refractivity contribution in [2.75, 3.05) is 6.54 Å². The highest BCUT2D eigenvalue weighted by atomic mass is 16.4. The van der Waals surface area contributed by atoms with Gasteiger partial charge in [0.1, 0.15) is 0 Å². The first-order valence-electron chi connectivity index (χ1n) is 6.85. The fourth-order valence-electron chi connectivity index (χ4n) is 2.18. The van der Waals surface area contributed by atoms with Crippen LogP contribution in [0.25, 0.3) is 0 Å². The van der Waals surface area contributed by atoms with E-state index in [9.17, 15) is 9.59 Å². The molecule has 3 N–H and O–H groups in total. The summed E-state index contributed by atoms with van der Waals surface area (Å²) in [5.41, 5.74) is 0. The molecule has 0 radical (unpaired) electrons. The molecule has 0 aliphatic carbocycles. The molecule has 0 aromatic rings. The van der Waals surface area contributed by atoms with Crippen LogP contribution in [0, 0.1) is 0 Å². The number of carbonyl (C=O) groups is 2. The lowest BCUT2D eigenvalue weighted by molar-refractivity contribution is -0.137. The third kappa shape index (κ3) is 6.00. The minimum absolute atomic E-state index is 0.00906. The zero-order chi connectivity index (χ0) is 13.4. The number of rotatable bonds is 5. The number of hydrogen-bond acceptors (Lipinski definition) is 3. The molecule has 18 heavy (non-hydrogen) atoms. The standard InChI is InChI=1S/C13H24N2O3/c1-10(7-8-12(16)17)15-13(18)11-6-4-2-3-5-9-14-11/h10-11,14H,2-9H2,1H3,(H,15,18)(H,16,17). The highest BCUT2D eigenvalue weighted by Gasteiger charge is 2.20. The van der Waals surface area contributed by atoms with Crippen molar-refractivity contribution in [3.8, 4) is 0 Å². The largest absolute Gasteiger partial charge is 0.481 e. The van der Waals surface area contributed by atoms with E-state index in [1.54, 1.807) is 0 Å². The Bertz CT molecular complexity index is 273. The molecule has 0 bridgehead atoms. The van der Waals surface area contributed by atoms with Crippen LogP contribution in [0.2, 0.25) is 0 Å². The summed E-state index contributed by atoms with van der Waals surface area (Å²) in [4.78, 5) is 22.4. The molecule has 1 heterocycles. The van der Waals surface area contributed by atoms with E-state index in [1.807, 2.05) is 6.92 Å². The van der Waals surface area contributed by atoms with Crippen molar-refractivity contribution in [3.63, 3.8) is 0 Å². The van der Waals surface area contributed by atoms with E-state index < -0.39 is 5.97 Å². The summed E-state index contributed by atoms with van der Waals surface area (Å²) in [5, 5.41) is 14.7. The summed E-state index contributed by atoms with van der Waals surface area (Å²) < 4.78 is 0. The lowest BCUT2D eigenvalue weighted by atomic mass is 10.0. The normalized spacial score (nSPS) is 22.6. The molecule has 1 aliphatic heterocycles. The second-order valence-electron chi connectivity index (χ2n) is 5.05. The number of aliphatic carboxylic acids is 1. The zero-order valence-electron chi connectivity index (χ0n) is 11.1. The van der Waals surface area contributed by atoms with Crippen LogP contribution in [0.5, 0.6) is 0 Å². The van der Waals surface area contributed by atoms with Crippen LogP contribution < -0.4 is 10.6 Å². The molecule has 2 atom stereocenters. The van der Waals surface area contributed by atoms with E-state index in [0.29, 0.717) is 6.42 Å². The molecule has 1 rings (SSSR count). The molecule has 1 fully saturated rings. The van der Waals surface area contributed by atoms with Gasteiger partial charge in [0.05, 0.1) is 6.04 Å². The Hall–Kier alpha value is -1.10. The van der Waals surface area contributed by atoms with Crippen LogP contribution in [-0.4, -0.2) is 35.6 Å². The second-order valence-corrected chi connectivity index (χ2v) is 5.05. The number of carboxylic acid groups (broad SMARTS) is 1. The minimum Gasteiger partial charge on any atom is -0.481 e. The van der Waals surface area contributed by atoms with Crippen molar-refractivity contribution in [1.82, 2.24) is 10.6 Å². The summed E-state index contributed by atoms with van der Waals surface area (Å²) in [5.74, 6) is -0.810. The third-order valence-electron chi connectivity index (χ3n) is 3.31. The lowest BCUT2D eigenvalue weighted by Crippen LogP contribution is -2.47. The highest BCUT2D eigenvalue weighted by Crippen LogP contribution is 2.10. The van der Waals surface area contributed by atoms with Crippen LogP contribution in [0.3, 0.4) is 0 Å². The Balaban J connectivity index is 2.30. The summed E-state index contributed by atoms with van der Waals surface area (Å²) >= 11 is 0. The fourth-order valence-corrected chi connectivity index (χ4v) is 2.18. The maximum absolute atomic E-state index is 12.0. The van der Waals surface area contributed by atoms with Gasteiger partial charge in [0.25, 0.3) is 0 Å². The maximum Gasteiger partial charge on any atom is 0.303 e. The number of carboxylic acids is 1. The number of carbonyl (C=O) groups excluding carboxylic acids is 1. The predicted octanol–water partition coefficient (Wildman–Crippen LogP) is 1.28. The van der Waals surface area contributed by atoms with Crippen molar-refractivity contribution in [2.24, 2.45) is 0 Å². The molecule has 2 unspecified atom stereocenters. The van der Waals surface area contributed by atoms with Crippen molar-refractivity contribution < 1.29 is 14.7 Å².